The Labute approximate surface area is 164 Å². The molecular weight excluding hydrogens is 338 g/mol. The second kappa shape index (κ2) is 8.99. The number of nitrogens with zero attached hydrogens (tertiary/aromatic N) is 3. The lowest BCUT2D eigenvalue weighted by molar-refractivity contribution is -0.204. The number of rotatable bonds is 7. The predicted octanol–water partition coefficient (Wildman–Crippen LogP) is 3.10. The van der Waals surface area contributed by atoms with Gasteiger partial charge in [-0.05, 0) is 37.8 Å². The van der Waals surface area contributed by atoms with Crippen molar-refractivity contribution in [1.29, 1.82) is 0 Å². The third-order valence-corrected chi connectivity index (χ3v) is 6.97. The summed E-state index contributed by atoms with van der Waals surface area (Å²) in [5, 5.41) is 0. The molecule has 1 aromatic heterocycles. The van der Waals surface area contributed by atoms with Crippen molar-refractivity contribution in [2.24, 2.45) is 0 Å². The minimum absolute atomic E-state index is 0.319. The maximum atomic E-state index is 6.25. The van der Waals surface area contributed by atoms with Crippen molar-refractivity contribution in [3.63, 3.8) is 0 Å². The Morgan fingerprint density at radius 1 is 1.11 bits per heavy atom. The molecule has 150 valence electrons. The molecule has 3 heterocycles. The van der Waals surface area contributed by atoms with E-state index in [1.54, 1.807) is 7.11 Å². The molecule has 2 saturated heterocycles. The van der Waals surface area contributed by atoms with E-state index in [0.717, 1.165) is 25.7 Å². The lowest BCUT2D eigenvalue weighted by atomic mass is 9.69. The first-order valence-electron chi connectivity index (χ1n) is 10.8. The lowest BCUT2D eigenvalue weighted by Crippen LogP contribution is -2.75. The van der Waals surface area contributed by atoms with Gasteiger partial charge in [-0.3, -0.25) is 14.8 Å². The normalized spacial score (nSPS) is 26.9. The van der Waals surface area contributed by atoms with Crippen molar-refractivity contribution in [3.8, 4) is 0 Å². The summed E-state index contributed by atoms with van der Waals surface area (Å²) in [6, 6.07) is 6.95. The summed E-state index contributed by atoms with van der Waals surface area (Å²) >= 11 is 0. The van der Waals surface area contributed by atoms with E-state index in [1.807, 2.05) is 12.3 Å². The highest BCUT2D eigenvalue weighted by Crippen LogP contribution is 2.47. The number of aromatic nitrogens is 1. The molecule has 1 atom stereocenters. The largest absolute Gasteiger partial charge is 0.382 e. The highest BCUT2D eigenvalue weighted by atomic mass is 16.5. The molecular formula is C22H35N3O2. The maximum absolute atomic E-state index is 6.25. The highest BCUT2D eigenvalue weighted by Gasteiger charge is 2.56. The zero-order chi connectivity index (χ0) is 18.5. The Balaban J connectivity index is 1.32. The van der Waals surface area contributed by atoms with Gasteiger partial charge in [-0.15, -0.1) is 0 Å². The molecule has 1 aliphatic carbocycles. The number of likely N-dealkylation sites (tertiary alicyclic amines) is 2. The average molecular weight is 374 g/mol. The van der Waals surface area contributed by atoms with Crippen LogP contribution in [0.15, 0.2) is 24.4 Å². The van der Waals surface area contributed by atoms with Crippen molar-refractivity contribution in [1.82, 2.24) is 14.8 Å². The lowest BCUT2D eigenvalue weighted by Gasteiger charge is -2.63. The first-order chi connectivity index (χ1) is 13.3. The first kappa shape index (κ1) is 19.3. The van der Waals surface area contributed by atoms with Crippen LogP contribution >= 0.6 is 0 Å². The fraction of sp³-hybridized carbons (Fsp3) is 0.773. The van der Waals surface area contributed by atoms with Crippen LogP contribution in [0.5, 0.6) is 0 Å². The van der Waals surface area contributed by atoms with Crippen molar-refractivity contribution in [3.05, 3.63) is 30.1 Å². The summed E-state index contributed by atoms with van der Waals surface area (Å²) in [7, 11) is 1.76. The van der Waals surface area contributed by atoms with Crippen molar-refractivity contribution >= 4 is 0 Å². The Bertz CT molecular complexity index is 568. The van der Waals surface area contributed by atoms with Crippen LogP contribution < -0.4 is 0 Å². The second-order valence-electron chi connectivity index (χ2n) is 8.50. The molecule has 0 amide bonds. The van der Waals surface area contributed by atoms with Gasteiger partial charge in [-0.25, -0.2) is 0 Å². The van der Waals surface area contributed by atoms with Gasteiger partial charge in [0.25, 0.3) is 0 Å². The SMILES string of the molecule is COCCOC1CN(C2CCN(Cc3ccccn3)CC2)C12CCCCC2. The zero-order valence-corrected chi connectivity index (χ0v) is 16.8. The van der Waals surface area contributed by atoms with Gasteiger partial charge in [0.1, 0.15) is 0 Å². The number of piperidine rings is 1. The zero-order valence-electron chi connectivity index (χ0n) is 16.8. The van der Waals surface area contributed by atoms with Crippen LogP contribution in [0.1, 0.15) is 50.6 Å². The fourth-order valence-electron chi connectivity index (χ4n) is 5.48. The fourth-order valence-corrected chi connectivity index (χ4v) is 5.48. The van der Waals surface area contributed by atoms with Gasteiger partial charge in [-0.1, -0.05) is 25.3 Å². The van der Waals surface area contributed by atoms with Crippen LogP contribution in [-0.4, -0.2) is 72.4 Å². The molecule has 5 heteroatoms. The third kappa shape index (κ3) is 4.21. The van der Waals surface area contributed by atoms with Gasteiger partial charge in [0.05, 0.1) is 25.0 Å². The van der Waals surface area contributed by atoms with Crippen LogP contribution in [0.3, 0.4) is 0 Å². The standard InChI is InChI=1S/C22H35N3O2/c1-26-15-16-27-21-18-25(22(21)10-4-2-5-11-22)20-8-13-24(14-9-20)17-19-7-3-6-12-23-19/h3,6-7,12,20-21H,2,4-5,8-11,13-18H2,1H3. The summed E-state index contributed by atoms with van der Waals surface area (Å²) in [4.78, 5) is 9.89. The van der Waals surface area contributed by atoms with Crippen LogP contribution in [0, 0.1) is 0 Å². The van der Waals surface area contributed by atoms with Gasteiger partial charge in [0.15, 0.2) is 0 Å². The molecule has 1 aromatic rings. The van der Waals surface area contributed by atoms with E-state index in [4.69, 9.17) is 9.47 Å². The van der Waals surface area contributed by atoms with Crippen LogP contribution in [0.25, 0.3) is 0 Å². The van der Waals surface area contributed by atoms with E-state index in [2.05, 4.69) is 26.9 Å². The average Bonchev–Trinajstić information content (AvgIpc) is 2.72. The minimum Gasteiger partial charge on any atom is -0.382 e. The topological polar surface area (TPSA) is 37.8 Å². The minimum atomic E-state index is 0.319. The quantitative estimate of drug-likeness (QED) is 0.687. The molecule has 27 heavy (non-hydrogen) atoms. The molecule has 4 rings (SSSR count). The molecule has 0 radical (unpaired) electrons. The highest BCUT2D eigenvalue weighted by molar-refractivity contribution is 5.11. The van der Waals surface area contributed by atoms with Gasteiger partial charge >= 0.3 is 0 Å². The number of methoxy groups -OCH3 is 1. The molecule has 1 unspecified atom stereocenters. The third-order valence-electron chi connectivity index (χ3n) is 6.97. The molecule has 0 aromatic carbocycles. The number of pyridine rings is 1. The Hall–Kier alpha value is -1.01. The maximum Gasteiger partial charge on any atom is 0.0886 e. The summed E-state index contributed by atoms with van der Waals surface area (Å²) in [5.41, 5.74) is 1.51. The van der Waals surface area contributed by atoms with Crippen LogP contribution in [-0.2, 0) is 16.0 Å². The van der Waals surface area contributed by atoms with Crippen molar-refractivity contribution < 1.29 is 9.47 Å². The predicted molar refractivity (Wildman–Crippen MR) is 107 cm³/mol. The van der Waals surface area contributed by atoms with Crippen molar-refractivity contribution in [2.75, 3.05) is 40.0 Å². The molecule has 1 spiro atoms. The number of hydrogen-bond donors (Lipinski definition) is 0. The first-order valence-corrected chi connectivity index (χ1v) is 10.8. The van der Waals surface area contributed by atoms with Crippen molar-refractivity contribution in [2.45, 2.75) is 69.2 Å². The monoisotopic (exact) mass is 373 g/mol. The number of ether oxygens (including phenoxy) is 2. The van der Waals surface area contributed by atoms with Crippen LogP contribution in [0.4, 0.5) is 0 Å². The van der Waals surface area contributed by atoms with E-state index in [-0.39, 0.29) is 0 Å². The Morgan fingerprint density at radius 2 is 1.93 bits per heavy atom. The van der Waals surface area contributed by atoms with Gasteiger partial charge < -0.3 is 9.47 Å². The molecule has 0 bridgehead atoms. The van der Waals surface area contributed by atoms with E-state index < -0.39 is 0 Å². The van der Waals surface area contributed by atoms with E-state index >= 15 is 0 Å². The Morgan fingerprint density at radius 3 is 2.63 bits per heavy atom. The molecule has 0 N–H and O–H groups in total. The molecule has 3 fully saturated rings. The summed E-state index contributed by atoms with van der Waals surface area (Å²) in [6.07, 6.45) is 11.6. The smallest absolute Gasteiger partial charge is 0.0886 e. The summed E-state index contributed by atoms with van der Waals surface area (Å²) in [6.45, 7) is 5.92. The number of hydrogen-bond acceptors (Lipinski definition) is 5. The van der Waals surface area contributed by atoms with E-state index in [9.17, 15) is 0 Å². The molecule has 2 aliphatic heterocycles. The molecule has 5 nitrogen and oxygen atoms in total. The van der Waals surface area contributed by atoms with E-state index in [1.165, 1.54) is 63.7 Å². The molecule has 1 saturated carbocycles. The van der Waals surface area contributed by atoms with Gasteiger partial charge in [0, 0.05) is 51.1 Å². The van der Waals surface area contributed by atoms with Crippen LogP contribution in [0.2, 0.25) is 0 Å². The van der Waals surface area contributed by atoms with E-state index in [0.29, 0.717) is 18.2 Å². The second-order valence-corrected chi connectivity index (χ2v) is 8.50. The Kier molecular flexibility index (Phi) is 6.43. The molecule has 3 aliphatic rings. The summed E-state index contributed by atoms with van der Waals surface area (Å²) < 4.78 is 11.4. The van der Waals surface area contributed by atoms with Gasteiger partial charge in [-0.2, -0.15) is 0 Å². The summed E-state index contributed by atoms with van der Waals surface area (Å²) in [5.74, 6) is 0. The van der Waals surface area contributed by atoms with Gasteiger partial charge in [0.2, 0.25) is 0 Å².